The molecule has 1 amide bonds. The Balaban J connectivity index is 1.88. The molecule has 3 N–H and O–H groups in total. The van der Waals surface area contributed by atoms with Gasteiger partial charge in [0.25, 0.3) is 0 Å². The minimum atomic E-state index is 0.0736. The molecule has 0 unspecified atom stereocenters. The summed E-state index contributed by atoms with van der Waals surface area (Å²) in [6.45, 7) is 3.61. The fourth-order valence-corrected chi connectivity index (χ4v) is 3.05. The van der Waals surface area contributed by atoms with E-state index in [1.165, 1.54) is 0 Å². The Labute approximate surface area is 127 Å². The maximum absolute atomic E-state index is 12.2. The molecule has 21 heavy (non-hydrogen) atoms. The van der Waals surface area contributed by atoms with Crippen LogP contribution < -0.4 is 11.1 Å². The first kappa shape index (κ1) is 16.0. The van der Waals surface area contributed by atoms with E-state index in [2.05, 4.69) is 17.1 Å². The highest BCUT2D eigenvalue weighted by molar-refractivity contribution is 5.92. The van der Waals surface area contributed by atoms with E-state index in [-0.39, 0.29) is 5.91 Å². The number of amides is 1. The zero-order valence-electron chi connectivity index (χ0n) is 12.9. The monoisotopic (exact) mass is 289 g/mol. The lowest BCUT2D eigenvalue weighted by Crippen LogP contribution is -2.44. The van der Waals surface area contributed by atoms with Crippen molar-refractivity contribution < 1.29 is 4.79 Å². The summed E-state index contributed by atoms with van der Waals surface area (Å²) in [5.74, 6) is 0.0736. The Morgan fingerprint density at radius 3 is 2.52 bits per heavy atom. The second kappa shape index (κ2) is 8.15. The van der Waals surface area contributed by atoms with Gasteiger partial charge in [-0.15, -0.1) is 0 Å². The summed E-state index contributed by atoms with van der Waals surface area (Å²) < 4.78 is 0. The highest BCUT2D eigenvalue weighted by Crippen LogP contribution is 2.22. The Morgan fingerprint density at radius 2 is 1.90 bits per heavy atom. The molecule has 0 aromatic heterocycles. The van der Waals surface area contributed by atoms with Crippen molar-refractivity contribution in [3.05, 3.63) is 30.3 Å². The lowest BCUT2D eigenvalue weighted by atomic mass is 9.90. The molecule has 0 saturated heterocycles. The smallest absolute Gasteiger partial charge is 0.238 e. The number of nitrogens with zero attached hydrogens (tertiary/aromatic N) is 1. The fraction of sp³-hybridized carbons (Fsp3) is 0.588. The molecule has 1 aromatic rings. The molecule has 0 bridgehead atoms. The Morgan fingerprint density at radius 1 is 1.24 bits per heavy atom. The van der Waals surface area contributed by atoms with Crippen molar-refractivity contribution in [2.45, 2.75) is 51.1 Å². The van der Waals surface area contributed by atoms with E-state index >= 15 is 0 Å². The molecule has 4 heteroatoms. The molecule has 0 spiro atoms. The molecule has 0 radical (unpaired) electrons. The van der Waals surface area contributed by atoms with Gasteiger partial charge in [-0.05, 0) is 50.8 Å². The van der Waals surface area contributed by atoms with E-state index in [9.17, 15) is 4.79 Å². The number of nitrogens with two attached hydrogens (primary N) is 1. The van der Waals surface area contributed by atoms with Crippen molar-refractivity contribution in [3.63, 3.8) is 0 Å². The summed E-state index contributed by atoms with van der Waals surface area (Å²) in [7, 11) is 0. The van der Waals surface area contributed by atoms with Crippen molar-refractivity contribution in [1.82, 2.24) is 4.90 Å². The van der Waals surface area contributed by atoms with Crippen molar-refractivity contribution in [2.75, 3.05) is 18.4 Å². The fourth-order valence-electron chi connectivity index (χ4n) is 3.05. The standard InChI is InChI=1S/C17H27N3O/c1-2-12-20(16-10-8-14(18)9-11-16)13-17(21)19-15-6-4-3-5-7-15/h3-7,14,16H,2,8-13,18H2,1H3,(H,19,21). The van der Waals surface area contributed by atoms with Crippen LogP contribution in [0.25, 0.3) is 0 Å². The first-order valence-electron chi connectivity index (χ1n) is 8.03. The summed E-state index contributed by atoms with van der Waals surface area (Å²) in [5.41, 5.74) is 6.84. The SMILES string of the molecule is CCCN(CC(=O)Nc1ccccc1)C1CCC(N)CC1. The van der Waals surface area contributed by atoms with Crippen LogP contribution in [0.5, 0.6) is 0 Å². The highest BCUT2D eigenvalue weighted by Gasteiger charge is 2.25. The number of hydrogen-bond acceptors (Lipinski definition) is 3. The maximum atomic E-state index is 12.2. The van der Waals surface area contributed by atoms with Gasteiger partial charge in [0.15, 0.2) is 0 Å². The van der Waals surface area contributed by atoms with Crippen molar-refractivity contribution >= 4 is 11.6 Å². The van der Waals surface area contributed by atoms with Crippen LogP contribution in [-0.2, 0) is 4.79 Å². The van der Waals surface area contributed by atoms with Gasteiger partial charge in [0.1, 0.15) is 0 Å². The van der Waals surface area contributed by atoms with Crippen LogP contribution in [0.15, 0.2) is 30.3 Å². The van der Waals surface area contributed by atoms with E-state index < -0.39 is 0 Å². The average molecular weight is 289 g/mol. The number of carbonyl (C=O) groups is 1. The average Bonchev–Trinajstić information content (AvgIpc) is 2.48. The quantitative estimate of drug-likeness (QED) is 0.846. The summed E-state index contributed by atoms with van der Waals surface area (Å²) in [4.78, 5) is 14.6. The van der Waals surface area contributed by atoms with Crippen LogP contribution in [0.2, 0.25) is 0 Å². The van der Waals surface area contributed by atoms with Crippen LogP contribution in [0.3, 0.4) is 0 Å². The van der Waals surface area contributed by atoms with E-state index in [1.54, 1.807) is 0 Å². The molecular weight excluding hydrogens is 262 g/mol. The Hall–Kier alpha value is -1.39. The number of para-hydroxylation sites is 1. The van der Waals surface area contributed by atoms with Crippen LogP contribution in [0, 0.1) is 0 Å². The number of nitrogens with one attached hydrogen (secondary N) is 1. The lowest BCUT2D eigenvalue weighted by Gasteiger charge is -2.35. The van der Waals surface area contributed by atoms with Crippen LogP contribution >= 0.6 is 0 Å². The predicted molar refractivity (Wildman–Crippen MR) is 87.2 cm³/mol. The third-order valence-electron chi connectivity index (χ3n) is 4.17. The summed E-state index contributed by atoms with van der Waals surface area (Å²) in [6, 6.07) is 10.5. The third-order valence-corrected chi connectivity index (χ3v) is 4.17. The molecular formula is C17H27N3O. The normalized spacial score (nSPS) is 22.2. The Kier molecular flexibility index (Phi) is 6.21. The minimum absolute atomic E-state index is 0.0736. The van der Waals surface area contributed by atoms with Gasteiger partial charge in [-0.3, -0.25) is 9.69 Å². The predicted octanol–water partition coefficient (Wildman–Crippen LogP) is 2.61. The molecule has 2 rings (SSSR count). The van der Waals surface area contributed by atoms with Gasteiger partial charge in [0.05, 0.1) is 6.54 Å². The van der Waals surface area contributed by atoms with E-state index in [0.717, 1.165) is 44.3 Å². The first-order valence-corrected chi connectivity index (χ1v) is 8.03. The molecule has 0 atom stereocenters. The van der Waals surface area contributed by atoms with E-state index in [1.807, 2.05) is 30.3 Å². The molecule has 1 aromatic carbocycles. The number of benzene rings is 1. The summed E-state index contributed by atoms with van der Waals surface area (Å²) in [6.07, 6.45) is 5.44. The van der Waals surface area contributed by atoms with Gasteiger partial charge in [-0.2, -0.15) is 0 Å². The van der Waals surface area contributed by atoms with Gasteiger partial charge in [0.2, 0.25) is 5.91 Å². The zero-order chi connectivity index (χ0) is 15.1. The molecule has 0 aliphatic heterocycles. The molecule has 0 heterocycles. The summed E-state index contributed by atoms with van der Waals surface area (Å²) in [5, 5.41) is 2.97. The first-order chi connectivity index (χ1) is 10.2. The molecule has 1 aliphatic carbocycles. The zero-order valence-corrected chi connectivity index (χ0v) is 12.9. The van der Waals surface area contributed by atoms with Gasteiger partial charge in [0, 0.05) is 17.8 Å². The van der Waals surface area contributed by atoms with E-state index in [0.29, 0.717) is 18.6 Å². The Bertz CT molecular complexity index is 427. The number of anilines is 1. The van der Waals surface area contributed by atoms with Gasteiger partial charge >= 0.3 is 0 Å². The molecule has 1 saturated carbocycles. The summed E-state index contributed by atoms with van der Waals surface area (Å²) >= 11 is 0. The van der Waals surface area contributed by atoms with Crippen molar-refractivity contribution in [1.29, 1.82) is 0 Å². The van der Waals surface area contributed by atoms with Crippen molar-refractivity contribution in [2.24, 2.45) is 5.73 Å². The number of rotatable bonds is 6. The molecule has 1 fully saturated rings. The number of hydrogen-bond donors (Lipinski definition) is 2. The second-order valence-electron chi connectivity index (χ2n) is 5.95. The number of carbonyl (C=O) groups excluding carboxylic acids is 1. The van der Waals surface area contributed by atoms with Crippen LogP contribution in [0.1, 0.15) is 39.0 Å². The minimum Gasteiger partial charge on any atom is -0.328 e. The van der Waals surface area contributed by atoms with Gasteiger partial charge < -0.3 is 11.1 Å². The largest absolute Gasteiger partial charge is 0.328 e. The lowest BCUT2D eigenvalue weighted by molar-refractivity contribution is -0.118. The maximum Gasteiger partial charge on any atom is 0.238 e. The van der Waals surface area contributed by atoms with Gasteiger partial charge in [-0.25, -0.2) is 0 Å². The molecule has 1 aliphatic rings. The van der Waals surface area contributed by atoms with E-state index in [4.69, 9.17) is 5.73 Å². The topological polar surface area (TPSA) is 58.4 Å². The van der Waals surface area contributed by atoms with Crippen LogP contribution in [0.4, 0.5) is 5.69 Å². The highest BCUT2D eigenvalue weighted by atomic mass is 16.2. The molecule has 4 nitrogen and oxygen atoms in total. The van der Waals surface area contributed by atoms with Crippen LogP contribution in [-0.4, -0.2) is 36.0 Å². The molecule has 116 valence electrons. The third kappa shape index (κ3) is 5.14. The van der Waals surface area contributed by atoms with Crippen molar-refractivity contribution in [3.8, 4) is 0 Å². The second-order valence-corrected chi connectivity index (χ2v) is 5.95. The van der Waals surface area contributed by atoms with Gasteiger partial charge in [-0.1, -0.05) is 25.1 Å².